The lowest BCUT2D eigenvalue weighted by molar-refractivity contribution is -0.0592. The van der Waals surface area contributed by atoms with Gasteiger partial charge >= 0.3 is 0 Å². The van der Waals surface area contributed by atoms with E-state index in [-0.39, 0.29) is 12.2 Å². The Labute approximate surface area is 118 Å². The monoisotopic (exact) mass is 270 g/mol. The fraction of sp³-hybridized carbons (Fsp3) is 0.875. The molecule has 0 amide bonds. The molecule has 3 heteroatoms. The van der Waals surface area contributed by atoms with Crippen LogP contribution in [0.15, 0.2) is 12.2 Å². The van der Waals surface area contributed by atoms with Gasteiger partial charge in [0.05, 0.1) is 12.2 Å². The van der Waals surface area contributed by atoms with Crippen LogP contribution in [0.25, 0.3) is 0 Å². The van der Waals surface area contributed by atoms with Crippen LogP contribution in [-0.2, 0) is 9.47 Å². The van der Waals surface area contributed by atoms with Gasteiger partial charge in [0.2, 0.25) is 0 Å². The largest absolute Gasteiger partial charge is 0.390 e. The molecule has 4 atom stereocenters. The van der Waals surface area contributed by atoms with E-state index in [1.807, 2.05) is 0 Å². The van der Waals surface area contributed by atoms with Crippen LogP contribution < -0.4 is 0 Å². The molecule has 3 nitrogen and oxygen atoms in total. The van der Waals surface area contributed by atoms with Crippen molar-refractivity contribution in [2.45, 2.75) is 70.7 Å². The topological polar surface area (TPSA) is 38.7 Å². The summed E-state index contributed by atoms with van der Waals surface area (Å²) in [6.07, 6.45) is 5.73. The fourth-order valence-corrected chi connectivity index (χ4v) is 2.76. The van der Waals surface area contributed by atoms with Gasteiger partial charge < -0.3 is 14.6 Å². The molecule has 1 aliphatic heterocycles. The van der Waals surface area contributed by atoms with Gasteiger partial charge in [-0.05, 0) is 37.2 Å². The second kappa shape index (κ2) is 8.72. The second-order valence-electron chi connectivity index (χ2n) is 5.76. The number of hydrogen-bond acceptors (Lipinski definition) is 3. The average molecular weight is 270 g/mol. The Morgan fingerprint density at radius 3 is 2.84 bits per heavy atom. The molecule has 0 spiro atoms. The number of aliphatic hydroxyl groups is 1. The summed E-state index contributed by atoms with van der Waals surface area (Å²) in [5, 5.41) is 9.98. The summed E-state index contributed by atoms with van der Waals surface area (Å²) in [5.74, 6) is 0.516. The zero-order valence-electron chi connectivity index (χ0n) is 12.7. The summed E-state index contributed by atoms with van der Waals surface area (Å²) in [6, 6.07) is 0. The van der Waals surface area contributed by atoms with Gasteiger partial charge in [0, 0.05) is 13.7 Å². The standard InChI is InChI=1S/C16H30O3/c1-5-6-8-12(2)15(18-4)11-13(3)16-14(17)9-7-10-19-16/h12,14-17H,3,5-11H2,1-2,4H3/t12-,14+,15-,16-/m0/s1. The van der Waals surface area contributed by atoms with Crippen molar-refractivity contribution in [3.63, 3.8) is 0 Å². The molecule has 1 aliphatic rings. The molecule has 0 radical (unpaired) electrons. The first-order chi connectivity index (χ1) is 9.10. The number of aliphatic hydroxyl groups excluding tert-OH is 1. The van der Waals surface area contributed by atoms with E-state index in [1.54, 1.807) is 7.11 Å². The van der Waals surface area contributed by atoms with Crippen molar-refractivity contribution in [2.75, 3.05) is 13.7 Å². The van der Waals surface area contributed by atoms with Crippen LogP contribution in [-0.4, -0.2) is 37.1 Å². The molecule has 1 fully saturated rings. The minimum atomic E-state index is -0.398. The first-order valence-electron chi connectivity index (χ1n) is 7.60. The first kappa shape index (κ1) is 16.7. The molecule has 19 heavy (non-hydrogen) atoms. The van der Waals surface area contributed by atoms with E-state index in [9.17, 15) is 5.11 Å². The van der Waals surface area contributed by atoms with E-state index in [2.05, 4.69) is 20.4 Å². The van der Waals surface area contributed by atoms with Crippen LogP contribution in [0.1, 0.15) is 52.4 Å². The van der Waals surface area contributed by atoms with E-state index >= 15 is 0 Å². The Kier molecular flexibility index (Phi) is 7.66. The maximum atomic E-state index is 9.98. The summed E-state index contributed by atoms with van der Waals surface area (Å²) in [5.41, 5.74) is 0.974. The van der Waals surface area contributed by atoms with Crippen molar-refractivity contribution in [3.8, 4) is 0 Å². The third-order valence-electron chi connectivity index (χ3n) is 4.11. The molecule has 1 saturated heterocycles. The fourth-order valence-electron chi connectivity index (χ4n) is 2.76. The molecule has 1 N–H and O–H groups in total. The molecular weight excluding hydrogens is 240 g/mol. The maximum absolute atomic E-state index is 9.98. The molecule has 0 aromatic carbocycles. The molecule has 0 bridgehead atoms. The molecule has 0 unspecified atom stereocenters. The van der Waals surface area contributed by atoms with Crippen LogP contribution in [0, 0.1) is 5.92 Å². The third kappa shape index (κ3) is 5.25. The SMILES string of the molecule is C=C(C[C@H](OC)[C@@H](C)CCCC)[C@@H]1OCCC[C@H]1O. The van der Waals surface area contributed by atoms with Gasteiger partial charge in [-0.15, -0.1) is 0 Å². The van der Waals surface area contributed by atoms with Crippen LogP contribution in [0.5, 0.6) is 0 Å². The first-order valence-corrected chi connectivity index (χ1v) is 7.60. The highest BCUT2D eigenvalue weighted by Gasteiger charge is 2.28. The van der Waals surface area contributed by atoms with Gasteiger partial charge in [0.15, 0.2) is 0 Å². The van der Waals surface area contributed by atoms with Crippen molar-refractivity contribution in [1.29, 1.82) is 0 Å². The molecule has 1 rings (SSSR count). The minimum absolute atomic E-state index is 0.178. The van der Waals surface area contributed by atoms with Crippen molar-refractivity contribution < 1.29 is 14.6 Å². The van der Waals surface area contributed by atoms with E-state index in [0.29, 0.717) is 5.92 Å². The van der Waals surface area contributed by atoms with Crippen LogP contribution in [0.4, 0.5) is 0 Å². The molecular formula is C16H30O3. The summed E-state index contributed by atoms with van der Waals surface area (Å²) < 4.78 is 11.3. The lowest BCUT2D eigenvalue weighted by atomic mass is 9.89. The van der Waals surface area contributed by atoms with Crippen LogP contribution in [0.3, 0.4) is 0 Å². The van der Waals surface area contributed by atoms with Crippen molar-refractivity contribution in [1.82, 2.24) is 0 Å². The van der Waals surface area contributed by atoms with E-state index in [1.165, 1.54) is 19.3 Å². The molecule has 112 valence electrons. The predicted octanol–water partition coefficient (Wildman–Crippen LogP) is 3.31. The van der Waals surface area contributed by atoms with Crippen molar-refractivity contribution >= 4 is 0 Å². The summed E-state index contributed by atoms with van der Waals surface area (Å²) >= 11 is 0. The normalized spacial score (nSPS) is 26.9. The van der Waals surface area contributed by atoms with Gasteiger partial charge in [-0.1, -0.05) is 33.3 Å². The quantitative estimate of drug-likeness (QED) is 0.688. The van der Waals surface area contributed by atoms with E-state index < -0.39 is 6.10 Å². The Hall–Kier alpha value is -0.380. The lowest BCUT2D eigenvalue weighted by Gasteiger charge is -2.32. The number of hydrogen-bond donors (Lipinski definition) is 1. The molecule has 0 aliphatic carbocycles. The summed E-state index contributed by atoms with van der Waals surface area (Å²) in [7, 11) is 1.76. The van der Waals surface area contributed by atoms with Gasteiger partial charge in [-0.2, -0.15) is 0 Å². The third-order valence-corrected chi connectivity index (χ3v) is 4.11. The van der Waals surface area contributed by atoms with E-state index in [0.717, 1.165) is 31.4 Å². The number of methoxy groups -OCH3 is 1. The Morgan fingerprint density at radius 2 is 2.26 bits per heavy atom. The number of ether oxygens (including phenoxy) is 2. The van der Waals surface area contributed by atoms with Gasteiger partial charge in [0.25, 0.3) is 0 Å². The predicted molar refractivity (Wildman–Crippen MR) is 78.2 cm³/mol. The lowest BCUT2D eigenvalue weighted by Crippen LogP contribution is -2.37. The summed E-state index contributed by atoms with van der Waals surface area (Å²) in [6.45, 7) is 9.28. The van der Waals surface area contributed by atoms with Crippen molar-refractivity contribution in [3.05, 3.63) is 12.2 Å². The van der Waals surface area contributed by atoms with Crippen LogP contribution in [0.2, 0.25) is 0 Å². The highest BCUT2D eigenvalue weighted by atomic mass is 16.5. The van der Waals surface area contributed by atoms with E-state index in [4.69, 9.17) is 9.47 Å². The number of unbranched alkanes of at least 4 members (excludes halogenated alkanes) is 1. The van der Waals surface area contributed by atoms with Crippen molar-refractivity contribution in [2.24, 2.45) is 5.92 Å². The zero-order valence-corrected chi connectivity index (χ0v) is 12.7. The van der Waals surface area contributed by atoms with Gasteiger partial charge in [-0.3, -0.25) is 0 Å². The average Bonchev–Trinajstić information content (AvgIpc) is 2.42. The Balaban J connectivity index is 2.47. The second-order valence-corrected chi connectivity index (χ2v) is 5.76. The maximum Gasteiger partial charge on any atom is 0.104 e. The smallest absolute Gasteiger partial charge is 0.104 e. The molecule has 0 saturated carbocycles. The zero-order chi connectivity index (χ0) is 14.3. The number of rotatable bonds is 8. The molecule has 0 aromatic rings. The molecule has 0 aromatic heterocycles. The minimum Gasteiger partial charge on any atom is -0.390 e. The van der Waals surface area contributed by atoms with Crippen LogP contribution >= 0.6 is 0 Å². The van der Waals surface area contributed by atoms with Gasteiger partial charge in [0.1, 0.15) is 6.10 Å². The highest BCUT2D eigenvalue weighted by Crippen LogP contribution is 2.26. The summed E-state index contributed by atoms with van der Waals surface area (Å²) in [4.78, 5) is 0. The Morgan fingerprint density at radius 1 is 1.53 bits per heavy atom. The van der Waals surface area contributed by atoms with Gasteiger partial charge in [-0.25, -0.2) is 0 Å². The molecule has 1 heterocycles. The highest BCUT2D eigenvalue weighted by molar-refractivity contribution is 5.08. The Bertz CT molecular complexity index is 265.